The molecule has 4 nitrogen and oxygen atoms in total. The van der Waals surface area contributed by atoms with Crippen molar-refractivity contribution in [1.29, 1.82) is 0 Å². The van der Waals surface area contributed by atoms with Gasteiger partial charge in [-0.3, -0.25) is 4.90 Å². The second-order valence-corrected chi connectivity index (χ2v) is 5.86. The lowest BCUT2D eigenvalue weighted by atomic mass is 10.1. The number of carbonyl (C=O) groups excluding carboxylic acids is 1. The lowest BCUT2D eigenvalue weighted by Gasteiger charge is -2.20. The van der Waals surface area contributed by atoms with Crippen LogP contribution in [0.4, 0.5) is 9.18 Å². The van der Waals surface area contributed by atoms with Crippen molar-refractivity contribution in [2.45, 2.75) is 33.5 Å². The molecule has 0 aliphatic rings. The maximum atomic E-state index is 13.6. The molecule has 2 aromatic rings. The summed E-state index contributed by atoms with van der Waals surface area (Å²) in [7, 11) is 0. The van der Waals surface area contributed by atoms with Gasteiger partial charge in [0.15, 0.2) is 0 Å². The van der Waals surface area contributed by atoms with Gasteiger partial charge in [-0.2, -0.15) is 0 Å². The van der Waals surface area contributed by atoms with Gasteiger partial charge in [0.25, 0.3) is 0 Å². The van der Waals surface area contributed by atoms with E-state index in [0.717, 1.165) is 25.2 Å². The van der Waals surface area contributed by atoms with Crippen LogP contribution in [0.25, 0.3) is 0 Å². The molecule has 2 N–H and O–H groups in total. The molecule has 25 heavy (non-hydrogen) atoms. The number of carbonyl (C=O) groups is 1. The molecule has 134 valence electrons. The molecule has 0 aliphatic carbocycles. The van der Waals surface area contributed by atoms with Gasteiger partial charge in [0, 0.05) is 25.2 Å². The Morgan fingerprint density at radius 2 is 1.40 bits per heavy atom. The first-order valence-corrected chi connectivity index (χ1v) is 8.68. The molecule has 0 saturated heterocycles. The summed E-state index contributed by atoms with van der Waals surface area (Å²) in [5.74, 6) is -0.313. The van der Waals surface area contributed by atoms with Gasteiger partial charge in [-0.05, 0) is 30.3 Å². The van der Waals surface area contributed by atoms with Crippen molar-refractivity contribution >= 4 is 6.03 Å². The molecule has 0 radical (unpaired) electrons. The zero-order valence-corrected chi connectivity index (χ0v) is 14.9. The van der Waals surface area contributed by atoms with E-state index in [1.165, 1.54) is 11.6 Å². The van der Waals surface area contributed by atoms with Crippen LogP contribution < -0.4 is 10.6 Å². The maximum absolute atomic E-state index is 13.6. The summed E-state index contributed by atoms with van der Waals surface area (Å²) in [6, 6.07) is 14.2. The van der Waals surface area contributed by atoms with Crippen LogP contribution in [0.15, 0.2) is 48.5 Å². The quantitative estimate of drug-likeness (QED) is 0.768. The minimum atomic E-state index is -0.313. The number of halogens is 1. The number of hydrogen-bond donors (Lipinski definition) is 2. The summed E-state index contributed by atoms with van der Waals surface area (Å²) in [4.78, 5) is 14.3. The van der Waals surface area contributed by atoms with Crippen LogP contribution in [0.5, 0.6) is 0 Å². The highest BCUT2D eigenvalue weighted by atomic mass is 19.1. The number of amides is 2. The molecular formula is C20H26FN3O. The molecule has 2 amide bonds. The predicted molar refractivity (Wildman–Crippen MR) is 98.5 cm³/mol. The first-order chi connectivity index (χ1) is 12.1. The molecule has 0 atom stereocenters. The Morgan fingerprint density at radius 3 is 2.00 bits per heavy atom. The third-order valence-corrected chi connectivity index (χ3v) is 4.24. The van der Waals surface area contributed by atoms with E-state index in [1.54, 1.807) is 18.2 Å². The Kier molecular flexibility index (Phi) is 7.41. The normalized spacial score (nSPS) is 10.7. The molecule has 0 aromatic heterocycles. The van der Waals surface area contributed by atoms with Crippen molar-refractivity contribution in [3.8, 4) is 0 Å². The van der Waals surface area contributed by atoms with E-state index in [4.69, 9.17) is 0 Å². The fraction of sp³-hybridized carbons (Fsp3) is 0.350. The molecule has 5 heteroatoms. The van der Waals surface area contributed by atoms with Crippen molar-refractivity contribution in [1.82, 2.24) is 15.5 Å². The number of nitrogens with zero attached hydrogens (tertiary/aromatic N) is 1. The summed E-state index contributed by atoms with van der Waals surface area (Å²) in [5.41, 5.74) is 2.77. The maximum Gasteiger partial charge on any atom is 0.315 e. The Hall–Kier alpha value is -2.40. The number of nitrogens with one attached hydrogen (secondary N) is 2. The van der Waals surface area contributed by atoms with Gasteiger partial charge in [-0.1, -0.05) is 56.3 Å². The standard InChI is InChI=1S/C20H26FN3O/c1-3-24(4-2)15-18-11-6-5-9-16(18)13-22-20(25)23-14-17-10-7-8-12-19(17)21/h5-12H,3-4,13-15H2,1-2H3,(H2,22,23,25). The van der Waals surface area contributed by atoms with Crippen LogP contribution in [0.1, 0.15) is 30.5 Å². The van der Waals surface area contributed by atoms with Crippen molar-refractivity contribution < 1.29 is 9.18 Å². The number of hydrogen-bond acceptors (Lipinski definition) is 2. The molecule has 2 rings (SSSR count). The van der Waals surface area contributed by atoms with E-state index < -0.39 is 0 Å². The van der Waals surface area contributed by atoms with E-state index in [1.807, 2.05) is 18.2 Å². The van der Waals surface area contributed by atoms with Crippen LogP contribution in [-0.2, 0) is 19.6 Å². The fourth-order valence-corrected chi connectivity index (χ4v) is 2.63. The van der Waals surface area contributed by atoms with Gasteiger partial charge in [-0.15, -0.1) is 0 Å². The van der Waals surface area contributed by atoms with Crippen molar-refractivity contribution in [2.24, 2.45) is 0 Å². The van der Waals surface area contributed by atoms with Gasteiger partial charge in [0.2, 0.25) is 0 Å². The van der Waals surface area contributed by atoms with E-state index in [-0.39, 0.29) is 18.4 Å². The molecule has 0 heterocycles. The van der Waals surface area contributed by atoms with Crippen molar-refractivity contribution in [2.75, 3.05) is 13.1 Å². The second-order valence-electron chi connectivity index (χ2n) is 5.86. The highest BCUT2D eigenvalue weighted by molar-refractivity contribution is 5.73. The summed E-state index contributed by atoms with van der Waals surface area (Å²) < 4.78 is 13.6. The number of rotatable bonds is 8. The Balaban J connectivity index is 1.88. The van der Waals surface area contributed by atoms with E-state index in [9.17, 15) is 9.18 Å². The number of benzene rings is 2. The summed E-state index contributed by atoms with van der Waals surface area (Å²) >= 11 is 0. The second kappa shape index (κ2) is 9.79. The zero-order chi connectivity index (χ0) is 18.1. The van der Waals surface area contributed by atoms with E-state index in [2.05, 4.69) is 35.4 Å². The summed E-state index contributed by atoms with van der Waals surface area (Å²) in [6.45, 7) is 7.73. The molecule has 0 aliphatic heterocycles. The van der Waals surface area contributed by atoms with Crippen LogP contribution in [-0.4, -0.2) is 24.0 Å². The largest absolute Gasteiger partial charge is 0.334 e. The number of urea groups is 1. The molecule has 0 spiro atoms. The topological polar surface area (TPSA) is 44.4 Å². The lowest BCUT2D eigenvalue weighted by molar-refractivity contribution is 0.240. The monoisotopic (exact) mass is 343 g/mol. The van der Waals surface area contributed by atoms with Gasteiger partial charge < -0.3 is 10.6 Å². The Morgan fingerprint density at radius 1 is 0.880 bits per heavy atom. The van der Waals surface area contributed by atoms with Gasteiger partial charge in [0.1, 0.15) is 5.82 Å². The average molecular weight is 343 g/mol. The Labute approximate surface area is 149 Å². The minimum absolute atomic E-state index is 0.166. The molecule has 0 fully saturated rings. The zero-order valence-electron chi connectivity index (χ0n) is 14.9. The first-order valence-electron chi connectivity index (χ1n) is 8.68. The fourth-order valence-electron chi connectivity index (χ4n) is 2.63. The third kappa shape index (κ3) is 5.87. The highest BCUT2D eigenvalue weighted by Gasteiger charge is 2.08. The van der Waals surface area contributed by atoms with Crippen LogP contribution in [0.3, 0.4) is 0 Å². The predicted octanol–water partition coefficient (Wildman–Crippen LogP) is 3.67. The van der Waals surface area contributed by atoms with Gasteiger partial charge in [-0.25, -0.2) is 9.18 Å². The minimum Gasteiger partial charge on any atom is -0.334 e. The highest BCUT2D eigenvalue weighted by Crippen LogP contribution is 2.12. The molecular weight excluding hydrogens is 317 g/mol. The smallest absolute Gasteiger partial charge is 0.315 e. The summed E-state index contributed by atoms with van der Waals surface area (Å²) in [6.07, 6.45) is 0. The third-order valence-electron chi connectivity index (χ3n) is 4.24. The summed E-state index contributed by atoms with van der Waals surface area (Å²) in [5, 5.41) is 5.54. The van der Waals surface area contributed by atoms with E-state index in [0.29, 0.717) is 12.1 Å². The van der Waals surface area contributed by atoms with Gasteiger partial charge in [0.05, 0.1) is 0 Å². The first kappa shape index (κ1) is 18.9. The van der Waals surface area contributed by atoms with Gasteiger partial charge >= 0.3 is 6.03 Å². The molecule has 0 saturated carbocycles. The molecule has 0 unspecified atom stereocenters. The molecule has 0 bridgehead atoms. The van der Waals surface area contributed by atoms with Crippen molar-refractivity contribution in [3.05, 3.63) is 71.0 Å². The SMILES string of the molecule is CCN(CC)Cc1ccccc1CNC(=O)NCc1ccccc1F. The van der Waals surface area contributed by atoms with Crippen molar-refractivity contribution in [3.63, 3.8) is 0 Å². The van der Waals surface area contributed by atoms with Crippen LogP contribution >= 0.6 is 0 Å². The average Bonchev–Trinajstić information content (AvgIpc) is 2.64. The van der Waals surface area contributed by atoms with Crippen LogP contribution in [0, 0.1) is 5.82 Å². The Bertz CT molecular complexity index is 686. The van der Waals surface area contributed by atoms with E-state index >= 15 is 0 Å². The lowest BCUT2D eigenvalue weighted by Crippen LogP contribution is -2.35. The molecule has 2 aromatic carbocycles. The van der Waals surface area contributed by atoms with Crippen LogP contribution in [0.2, 0.25) is 0 Å².